The van der Waals surface area contributed by atoms with Crippen LogP contribution >= 0.6 is 0 Å². The maximum Gasteiger partial charge on any atom is 0.258 e. The number of aryl methyl sites for hydroxylation is 1. The molecule has 0 fully saturated rings. The van der Waals surface area contributed by atoms with E-state index >= 15 is 0 Å². The smallest absolute Gasteiger partial charge is 0.258 e. The normalized spacial score (nSPS) is 11.5. The molecule has 0 amide bonds. The zero-order valence-electron chi connectivity index (χ0n) is 16.7. The summed E-state index contributed by atoms with van der Waals surface area (Å²) in [6.45, 7) is 0. The summed E-state index contributed by atoms with van der Waals surface area (Å²) >= 11 is 0. The van der Waals surface area contributed by atoms with Gasteiger partial charge < -0.3 is 4.74 Å². The first-order chi connectivity index (χ1) is 14.8. The predicted octanol–water partition coefficient (Wildman–Crippen LogP) is -0.591. The monoisotopic (exact) mass is 439 g/mol. The summed E-state index contributed by atoms with van der Waals surface area (Å²) in [6, 6.07) is 25.0. The first-order valence-electron chi connectivity index (χ1n) is 9.22. The Morgan fingerprint density at radius 2 is 1.26 bits per heavy atom. The first kappa shape index (κ1) is 21.0. The van der Waals surface area contributed by atoms with Crippen LogP contribution in [0.1, 0.15) is 0 Å². The molecule has 8 nitrogen and oxygen atoms in total. The van der Waals surface area contributed by atoms with Crippen LogP contribution in [0.15, 0.2) is 72.8 Å². The predicted molar refractivity (Wildman–Crippen MR) is 104 cm³/mol. The van der Waals surface area contributed by atoms with Crippen LogP contribution in [0.2, 0.25) is 0 Å². The minimum absolute atomic E-state index is 0.837. The largest absolute Gasteiger partial charge is 0.497 e. The molecule has 1 aromatic heterocycles. The van der Waals surface area contributed by atoms with Crippen LogP contribution in [0.3, 0.4) is 0 Å². The zero-order chi connectivity index (χ0) is 22.2. The van der Waals surface area contributed by atoms with Crippen molar-refractivity contribution in [2.75, 3.05) is 7.11 Å². The number of rotatable bonds is 2. The molecular formula is C22H18ClN3O5. The van der Waals surface area contributed by atoms with Gasteiger partial charge in [-0.15, -0.1) is 14.9 Å². The van der Waals surface area contributed by atoms with Crippen molar-refractivity contribution in [3.05, 3.63) is 72.8 Å². The van der Waals surface area contributed by atoms with E-state index in [1.165, 1.54) is 21.5 Å². The molecule has 0 aliphatic rings. The van der Waals surface area contributed by atoms with E-state index in [1.54, 1.807) is 7.11 Å². The molecule has 5 aromatic rings. The molecule has 31 heavy (non-hydrogen) atoms. The molecule has 0 unspecified atom stereocenters. The number of fused-ring (bicyclic) bond motifs is 6. The molecule has 0 saturated heterocycles. The molecule has 0 bridgehead atoms. The van der Waals surface area contributed by atoms with E-state index in [9.17, 15) is 0 Å². The fourth-order valence-corrected chi connectivity index (χ4v) is 3.74. The lowest BCUT2D eigenvalue weighted by atomic mass is 10.00. The van der Waals surface area contributed by atoms with Gasteiger partial charge in [-0.1, -0.05) is 36.4 Å². The molecule has 1 heterocycles. The van der Waals surface area contributed by atoms with E-state index in [-0.39, 0.29) is 0 Å². The van der Waals surface area contributed by atoms with Crippen molar-refractivity contribution < 1.29 is 38.3 Å². The second-order valence-electron chi connectivity index (χ2n) is 6.78. The van der Waals surface area contributed by atoms with Gasteiger partial charge in [-0.25, -0.2) is 18.6 Å². The maximum absolute atomic E-state index is 8.49. The lowest BCUT2D eigenvalue weighted by Gasteiger charge is -2.17. The highest BCUT2D eigenvalue weighted by atomic mass is 35.7. The van der Waals surface area contributed by atoms with Crippen LogP contribution < -0.4 is 28.1 Å². The first-order valence-corrected chi connectivity index (χ1v) is 10.5. The zero-order valence-corrected chi connectivity index (χ0v) is 17.4. The van der Waals surface area contributed by atoms with Gasteiger partial charge in [0.2, 0.25) is 5.52 Å². The number of aromatic nitrogens is 3. The second kappa shape index (κ2) is 8.10. The SMILES string of the molecule is COc1ccc(-n2nc3c4ccccc4c4ccccc4c3[n+]2C)cc1.[O-][Cl+3]([O-])([O-])[O-]. The molecule has 0 atom stereocenters. The van der Waals surface area contributed by atoms with Crippen molar-refractivity contribution in [2.24, 2.45) is 7.05 Å². The van der Waals surface area contributed by atoms with E-state index in [0.29, 0.717) is 0 Å². The van der Waals surface area contributed by atoms with Crippen molar-refractivity contribution in [2.45, 2.75) is 0 Å². The van der Waals surface area contributed by atoms with Crippen molar-refractivity contribution in [3.63, 3.8) is 0 Å². The third-order valence-electron chi connectivity index (χ3n) is 4.98. The Kier molecular flexibility index (Phi) is 5.48. The highest BCUT2D eigenvalue weighted by Gasteiger charge is 2.23. The Bertz CT molecular complexity index is 1370. The summed E-state index contributed by atoms with van der Waals surface area (Å²) in [4.78, 5) is 1.95. The number of nitrogens with zero attached hydrogens (tertiary/aromatic N) is 3. The van der Waals surface area contributed by atoms with Gasteiger partial charge in [0.15, 0.2) is 0 Å². The van der Waals surface area contributed by atoms with Crippen LogP contribution in [0.4, 0.5) is 0 Å². The summed E-state index contributed by atoms with van der Waals surface area (Å²) in [5.74, 6) is 0.837. The third kappa shape index (κ3) is 4.15. The van der Waals surface area contributed by atoms with Gasteiger partial charge in [0, 0.05) is 10.8 Å². The molecular weight excluding hydrogens is 422 g/mol. The van der Waals surface area contributed by atoms with Gasteiger partial charge in [-0.2, -0.15) is 0 Å². The van der Waals surface area contributed by atoms with E-state index in [4.69, 9.17) is 28.5 Å². The molecule has 0 aliphatic heterocycles. The Balaban J connectivity index is 0.000000418. The Morgan fingerprint density at radius 1 is 0.774 bits per heavy atom. The molecule has 0 saturated carbocycles. The number of hydrogen-bond donors (Lipinski definition) is 0. The van der Waals surface area contributed by atoms with Crippen molar-refractivity contribution >= 4 is 32.6 Å². The third-order valence-corrected chi connectivity index (χ3v) is 4.98. The van der Waals surface area contributed by atoms with Crippen LogP contribution in [0, 0.1) is 10.2 Å². The minimum Gasteiger partial charge on any atom is -0.497 e. The van der Waals surface area contributed by atoms with Crippen molar-refractivity contribution in [1.82, 2.24) is 9.90 Å². The molecule has 0 spiro atoms. The van der Waals surface area contributed by atoms with Gasteiger partial charge in [0.25, 0.3) is 5.52 Å². The molecule has 0 N–H and O–H groups in total. The highest BCUT2D eigenvalue weighted by Crippen LogP contribution is 2.32. The molecule has 0 aliphatic carbocycles. The fraction of sp³-hybridized carbons (Fsp3) is 0.0909. The maximum atomic E-state index is 8.49. The molecule has 158 valence electrons. The summed E-state index contributed by atoms with van der Waals surface area (Å²) in [7, 11) is -1.21. The highest BCUT2D eigenvalue weighted by molar-refractivity contribution is 6.22. The van der Waals surface area contributed by atoms with Gasteiger partial charge in [0.05, 0.1) is 12.2 Å². The number of halogens is 1. The fourth-order valence-electron chi connectivity index (χ4n) is 3.74. The number of ether oxygens (including phenoxy) is 1. The van der Waals surface area contributed by atoms with Crippen LogP contribution in [0.5, 0.6) is 5.75 Å². The summed E-state index contributed by atoms with van der Waals surface area (Å²) in [6.07, 6.45) is 0. The van der Waals surface area contributed by atoms with Crippen LogP contribution in [-0.2, 0) is 7.05 Å². The van der Waals surface area contributed by atoms with Gasteiger partial charge >= 0.3 is 0 Å². The number of methoxy groups -OCH3 is 1. The summed E-state index contributed by atoms with van der Waals surface area (Å²) in [5, 5.41) is 9.82. The van der Waals surface area contributed by atoms with Crippen molar-refractivity contribution in [1.29, 1.82) is 0 Å². The Hall–Kier alpha value is -3.27. The lowest BCUT2D eigenvalue weighted by molar-refractivity contribution is -2.00. The number of benzene rings is 4. The van der Waals surface area contributed by atoms with E-state index in [0.717, 1.165) is 22.5 Å². The Morgan fingerprint density at radius 3 is 1.81 bits per heavy atom. The average molecular weight is 440 g/mol. The molecule has 9 heteroatoms. The van der Waals surface area contributed by atoms with Gasteiger partial charge in [0.1, 0.15) is 18.5 Å². The van der Waals surface area contributed by atoms with Gasteiger partial charge in [-0.3, -0.25) is 0 Å². The van der Waals surface area contributed by atoms with Crippen LogP contribution in [-0.4, -0.2) is 17.0 Å². The van der Waals surface area contributed by atoms with Crippen LogP contribution in [0.25, 0.3) is 38.3 Å². The summed E-state index contributed by atoms with van der Waals surface area (Å²) < 4.78 is 41.4. The van der Waals surface area contributed by atoms with E-state index in [2.05, 4.69) is 60.3 Å². The average Bonchev–Trinajstić information content (AvgIpc) is 3.10. The van der Waals surface area contributed by atoms with E-state index < -0.39 is 10.2 Å². The summed E-state index contributed by atoms with van der Waals surface area (Å²) in [5.41, 5.74) is 3.14. The Labute approximate surface area is 179 Å². The molecule has 4 aromatic carbocycles. The number of hydrogen-bond acceptors (Lipinski definition) is 6. The second-order valence-corrected chi connectivity index (χ2v) is 7.53. The standard InChI is InChI=1S/C22H18N3O.ClHO4/c1-24-22-20-10-6-4-8-18(20)17-7-3-5-9-19(17)21(22)23-25(24)15-11-13-16(26-2)14-12-15;2-1(3,4)5/h3-14H,1-2H3;(H,2,3,4,5)/q+1;/p-1. The van der Waals surface area contributed by atoms with E-state index in [1.807, 2.05) is 29.1 Å². The van der Waals surface area contributed by atoms with Crippen molar-refractivity contribution in [3.8, 4) is 11.4 Å². The quantitative estimate of drug-likeness (QED) is 0.267. The lowest BCUT2D eigenvalue weighted by Crippen LogP contribution is -2.68. The molecule has 5 rings (SSSR count). The minimum atomic E-state index is -4.94. The topological polar surface area (TPSA) is 123 Å². The van der Waals surface area contributed by atoms with Gasteiger partial charge in [-0.05, 0) is 52.0 Å². The molecule has 0 radical (unpaired) electrons.